The summed E-state index contributed by atoms with van der Waals surface area (Å²) in [6, 6.07) is 1.90. The van der Waals surface area contributed by atoms with Crippen LogP contribution in [0.4, 0.5) is 0 Å². The number of carbonyl (C=O) groups excluding carboxylic acids is 2. The third-order valence-electron chi connectivity index (χ3n) is 4.07. The monoisotopic (exact) mass is 374 g/mol. The zero-order chi connectivity index (χ0) is 20.1. The van der Waals surface area contributed by atoms with Crippen molar-refractivity contribution >= 4 is 34.3 Å². The molecule has 1 heterocycles. The van der Waals surface area contributed by atoms with Crippen molar-refractivity contribution in [3.63, 3.8) is 0 Å². The highest BCUT2D eigenvalue weighted by atomic mass is 16.5. The molecule has 0 radical (unpaired) electrons. The molecule has 144 valence electrons. The quantitative estimate of drug-likeness (QED) is 0.636. The topological polar surface area (TPSA) is 118 Å². The molecule has 0 spiro atoms. The predicted molar refractivity (Wildman–Crippen MR) is 99.5 cm³/mol. The molecule has 0 bridgehead atoms. The number of aryl methyl sites for hydroxylation is 2. The fraction of sp³-hybridized carbons (Fsp3) is 0.316. The van der Waals surface area contributed by atoms with Crippen molar-refractivity contribution < 1.29 is 28.6 Å². The van der Waals surface area contributed by atoms with Crippen LogP contribution in [0.25, 0.3) is 16.5 Å². The lowest BCUT2D eigenvalue weighted by Crippen LogP contribution is -2.38. The predicted octanol–water partition coefficient (Wildman–Crippen LogP) is 1.78. The maximum absolute atomic E-state index is 12.1. The van der Waals surface area contributed by atoms with Crippen LogP contribution < -0.4 is 15.4 Å². The van der Waals surface area contributed by atoms with E-state index in [1.54, 1.807) is 20.3 Å². The van der Waals surface area contributed by atoms with Crippen molar-refractivity contribution in [2.75, 3.05) is 20.2 Å². The first-order chi connectivity index (χ1) is 12.7. The summed E-state index contributed by atoms with van der Waals surface area (Å²) >= 11 is 0. The van der Waals surface area contributed by atoms with Crippen molar-refractivity contribution in [2.45, 2.75) is 20.8 Å². The summed E-state index contributed by atoms with van der Waals surface area (Å²) in [4.78, 5) is 34.0. The number of hydrogen-bond donors (Lipinski definition) is 3. The van der Waals surface area contributed by atoms with Crippen LogP contribution in [-0.2, 0) is 14.4 Å². The molecule has 0 unspecified atom stereocenters. The number of hydrogen-bond acceptors (Lipinski definition) is 5. The SMILES string of the molecule is COc1c(/C(C)=C/C(=O)NCC(=O)NCC(=O)O)cc2c(C)coc2c1C. The van der Waals surface area contributed by atoms with E-state index in [0.29, 0.717) is 11.3 Å². The second-order valence-electron chi connectivity index (χ2n) is 6.09. The summed E-state index contributed by atoms with van der Waals surface area (Å²) in [7, 11) is 1.55. The third-order valence-corrected chi connectivity index (χ3v) is 4.07. The molecule has 0 saturated carbocycles. The molecule has 0 atom stereocenters. The van der Waals surface area contributed by atoms with Crippen LogP contribution in [0, 0.1) is 13.8 Å². The highest BCUT2D eigenvalue weighted by Crippen LogP contribution is 2.37. The molecule has 27 heavy (non-hydrogen) atoms. The van der Waals surface area contributed by atoms with E-state index in [9.17, 15) is 14.4 Å². The number of furan rings is 1. The van der Waals surface area contributed by atoms with E-state index >= 15 is 0 Å². The van der Waals surface area contributed by atoms with Crippen molar-refractivity contribution in [1.82, 2.24) is 10.6 Å². The smallest absolute Gasteiger partial charge is 0.322 e. The van der Waals surface area contributed by atoms with E-state index < -0.39 is 24.3 Å². The highest BCUT2D eigenvalue weighted by molar-refractivity contribution is 5.99. The lowest BCUT2D eigenvalue weighted by Gasteiger charge is -2.13. The number of ether oxygens (including phenoxy) is 1. The largest absolute Gasteiger partial charge is 0.496 e. The molecular weight excluding hydrogens is 352 g/mol. The number of fused-ring (bicyclic) bond motifs is 1. The minimum absolute atomic E-state index is 0.314. The molecule has 3 N–H and O–H groups in total. The molecule has 2 rings (SSSR count). The van der Waals surface area contributed by atoms with Gasteiger partial charge in [0.15, 0.2) is 0 Å². The number of benzene rings is 1. The average Bonchev–Trinajstić information content (AvgIpc) is 2.99. The molecule has 0 aliphatic rings. The van der Waals surface area contributed by atoms with E-state index in [2.05, 4.69) is 10.6 Å². The number of nitrogens with one attached hydrogen (secondary N) is 2. The van der Waals surface area contributed by atoms with Gasteiger partial charge < -0.3 is 24.9 Å². The standard InChI is InChI=1S/C19H22N2O6/c1-10(5-15(22)20-7-16(23)21-8-17(24)25)13-6-14-11(2)9-27-19(14)12(3)18(13)26-4/h5-6,9H,7-8H2,1-4H3,(H,20,22)(H,21,23)(H,24,25)/b10-5+. The summed E-state index contributed by atoms with van der Waals surface area (Å²) < 4.78 is 11.1. The van der Waals surface area contributed by atoms with E-state index in [1.807, 2.05) is 19.9 Å². The summed E-state index contributed by atoms with van der Waals surface area (Å²) in [6.45, 7) is 4.77. The van der Waals surface area contributed by atoms with Gasteiger partial charge >= 0.3 is 5.97 Å². The molecule has 2 aromatic rings. The Kier molecular flexibility index (Phi) is 6.23. The molecule has 2 amide bonds. The lowest BCUT2D eigenvalue weighted by molar-refractivity contribution is -0.137. The van der Waals surface area contributed by atoms with Crippen LogP contribution >= 0.6 is 0 Å². The van der Waals surface area contributed by atoms with Gasteiger partial charge in [-0.15, -0.1) is 0 Å². The van der Waals surface area contributed by atoms with Gasteiger partial charge in [-0.25, -0.2) is 0 Å². The van der Waals surface area contributed by atoms with Crippen LogP contribution in [0.3, 0.4) is 0 Å². The zero-order valence-electron chi connectivity index (χ0n) is 15.6. The van der Waals surface area contributed by atoms with Crippen molar-refractivity contribution in [1.29, 1.82) is 0 Å². The number of amides is 2. The van der Waals surface area contributed by atoms with Gasteiger partial charge in [-0.1, -0.05) is 0 Å². The molecule has 0 saturated heterocycles. The van der Waals surface area contributed by atoms with E-state index in [-0.39, 0.29) is 6.54 Å². The Labute approximate surface area is 156 Å². The second-order valence-corrected chi connectivity index (χ2v) is 6.09. The van der Waals surface area contributed by atoms with Gasteiger partial charge in [-0.3, -0.25) is 14.4 Å². The minimum Gasteiger partial charge on any atom is -0.496 e. The number of allylic oxidation sites excluding steroid dienone is 1. The number of rotatable bonds is 7. The Balaban J connectivity index is 2.19. The fourth-order valence-electron chi connectivity index (χ4n) is 2.72. The molecule has 8 nitrogen and oxygen atoms in total. The Morgan fingerprint density at radius 3 is 2.56 bits per heavy atom. The molecule has 0 aliphatic carbocycles. The molecule has 0 fully saturated rings. The number of carboxylic acid groups (broad SMARTS) is 1. The van der Waals surface area contributed by atoms with Crippen LogP contribution in [-0.4, -0.2) is 43.1 Å². The summed E-state index contributed by atoms with van der Waals surface area (Å²) in [5.74, 6) is -1.60. The van der Waals surface area contributed by atoms with Crippen molar-refractivity contribution in [2.24, 2.45) is 0 Å². The molecular formula is C19H22N2O6. The van der Waals surface area contributed by atoms with Gasteiger partial charge in [0.1, 0.15) is 17.9 Å². The van der Waals surface area contributed by atoms with Crippen LogP contribution in [0.1, 0.15) is 23.6 Å². The Bertz CT molecular complexity index is 926. The zero-order valence-corrected chi connectivity index (χ0v) is 15.6. The summed E-state index contributed by atoms with van der Waals surface area (Å²) in [5, 5.41) is 14.0. The maximum atomic E-state index is 12.1. The van der Waals surface area contributed by atoms with Gasteiger partial charge in [-0.2, -0.15) is 0 Å². The first kappa shape index (κ1) is 20.0. The van der Waals surface area contributed by atoms with Gasteiger partial charge in [0.25, 0.3) is 0 Å². The third kappa shape index (κ3) is 4.66. The Hall–Kier alpha value is -3.29. The first-order valence-corrected chi connectivity index (χ1v) is 8.25. The number of carboxylic acids is 1. The van der Waals surface area contributed by atoms with E-state index in [0.717, 1.165) is 27.7 Å². The molecule has 1 aromatic carbocycles. The molecule has 8 heteroatoms. The van der Waals surface area contributed by atoms with Crippen molar-refractivity contribution in [3.05, 3.63) is 35.1 Å². The molecule has 0 aliphatic heterocycles. The molecule has 1 aromatic heterocycles. The summed E-state index contributed by atoms with van der Waals surface area (Å²) in [6.07, 6.45) is 3.03. The minimum atomic E-state index is -1.15. The fourth-order valence-corrected chi connectivity index (χ4v) is 2.72. The van der Waals surface area contributed by atoms with Crippen LogP contribution in [0.2, 0.25) is 0 Å². The van der Waals surface area contributed by atoms with Crippen molar-refractivity contribution in [3.8, 4) is 5.75 Å². The van der Waals surface area contributed by atoms with Gasteiger partial charge in [0.05, 0.1) is 19.9 Å². The van der Waals surface area contributed by atoms with Gasteiger partial charge in [0.2, 0.25) is 11.8 Å². The first-order valence-electron chi connectivity index (χ1n) is 8.25. The average molecular weight is 374 g/mol. The van der Waals surface area contributed by atoms with E-state index in [4.69, 9.17) is 14.3 Å². The number of methoxy groups -OCH3 is 1. The Morgan fingerprint density at radius 2 is 1.93 bits per heavy atom. The van der Waals surface area contributed by atoms with Crippen LogP contribution in [0.15, 0.2) is 22.8 Å². The lowest BCUT2D eigenvalue weighted by atomic mass is 9.98. The van der Waals surface area contributed by atoms with E-state index in [1.165, 1.54) is 6.08 Å². The van der Waals surface area contributed by atoms with Gasteiger partial charge in [0, 0.05) is 22.6 Å². The normalized spacial score (nSPS) is 11.3. The highest BCUT2D eigenvalue weighted by Gasteiger charge is 2.17. The Morgan fingerprint density at radius 1 is 1.22 bits per heavy atom. The maximum Gasteiger partial charge on any atom is 0.322 e. The van der Waals surface area contributed by atoms with Gasteiger partial charge in [-0.05, 0) is 38.0 Å². The second kappa shape index (κ2) is 8.39. The van der Waals surface area contributed by atoms with Crippen LogP contribution in [0.5, 0.6) is 5.75 Å². The number of aliphatic carboxylic acids is 1. The number of carbonyl (C=O) groups is 3. The summed E-state index contributed by atoms with van der Waals surface area (Å²) in [5.41, 5.74) is 3.95.